The van der Waals surface area contributed by atoms with Crippen molar-refractivity contribution in [2.75, 3.05) is 13.7 Å². The smallest absolute Gasteiger partial charge is 0.258 e. The van der Waals surface area contributed by atoms with Crippen molar-refractivity contribution in [1.29, 1.82) is 0 Å². The van der Waals surface area contributed by atoms with Gasteiger partial charge in [-0.1, -0.05) is 12.1 Å². The van der Waals surface area contributed by atoms with Gasteiger partial charge in [-0.2, -0.15) is 0 Å². The highest BCUT2D eigenvalue weighted by Gasteiger charge is 2.09. The quantitative estimate of drug-likeness (QED) is 0.892. The van der Waals surface area contributed by atoms with Gasteiger partial charge in [0, 0.05) is 12.1 Å². The zero-order valence-corrected chi connectivity index (χ0v) is 11.9. The maximum Gasteiger partial charge on any atom is 0.258 e. The van der Waals surface area contributed by atoms with E-state index in [0.717, 1.165) is 0 Å². The lowest BCUT2D eigenvalue weighted by atomic mass is 10.2. The van der Waals surface area contributed by atoms with Crippen LogP contribution in [0, 0.1) is 11.6 Å². The predicted molar refractivity (Wildman–Crippen MR) is 76.7 cm³/mol. The summed E-state index contributed by atoms with van der Waals surface area (Å²) < 4.78 is 36.7. The molecule has 1 N–H and O–H groups in total. The van der Waals surface area contributed by atoms with E-state index >= 15 is 0 Å². The molecule has 0 radical (unpaired) electrons. The van der Waals surface area contributed by atoms with E-state index in [4.69, 9.17) is 9.47 Å². The van der Waals surface area contributed by atoms with Crippen LogP contribution in [0.5, 0.6) is 11.5 Å². The molecule has 0 aromatic heterocycles. The van der Waals surface area contributed by atoms with Crippen LogP contribution in [0.25, 0.3) is 0 Å². The van der Waals surface area contributed by atoms with E-state index in [0.29, 0.717) is 11.3 Å². The summed E-state index contributed by atoms with van der Waals surface area (Å²) in [5, 5.41) is 2.56. The highest BCUT2D eigenvalue weighted by atomic mass is 19.1. The maximum atomic E-state index is 13.3. The summed E-state index contributed by atoms with van der Waals surface area (Å²) in [6, 6.07) is 9.82. The van der Waals surface area contributed by atoms with E-state index in [1.165, 1.54) is 43.5 Å². The number of ether oxygens (including phenoxy) is 2. The third-order valence-corrected chi connectivity index (χ3v) is 2.91. The van der Waals surface area contributed by atoms with E-state index < -0.39 is 17.5 Å². The first-order valence-corrected chi connectivity index (χ1v) is 6.56. The van der Waals surface area contributed by atoms with Crippen molar-refractivity contribution in [3.63, 3.8) is 0 Å². The molecular formula is C16H15F2NO3. The largest absolute Gasteiger partial charge is 0.496 e. The van der Waals surface area contributed by atoms with Crippen molar-refractivity contribution in [2.24, 2.45) is 0 Å². The Morgan fingerprint density at radius 3 is 2.64 bits per heavy atom. The van der Waals surface area contributed by atoms with Crippen LogP contribution in [0.2, 0.25) is 0 Å². The van der Waals surface area contributed by atoms with Crippen LogP contribution in [-0.4, -0.2) is 19.6 Å². The van der Waals surface area contributed by atoms with Crippen LogP contribution in [0.1, 0.15) is 5.56 Å². The highest BCUT2D eigenvalue weighted by Crippen LogP contribution is 2.19. The Balaban J connectivity index is 1.88. The lowest BCUT2D eigenvalue weighted by molar-refractivity contribution is -0.123. The second-order valence-corrected chi connectivity index (χ2v) is 4.45. The van der Waals surface area contributed by atoms with Crippen LogP contribution < -0.4 is 14.8 Å². The number of carbonyl (C=O) groups excluding carboxylic acids is 1. The van der Waals surface area contributed by atoms with Gasteiger partial charge in [0.2, 0.25) is 0 Å². The van der Waals surface area contributed by atoms with Gasteiger partial charge in [-0.3, -0.25) is 4.79 Å². The van der Waals surface area contributed by atoms with Crippen LogP contribution >= 0.6 is 0 Å². The number of hydrogen-bond donors (Lipinski definition) is 1. The molecule has 0 spiro atoms. The molecule has 0 bridgehead atoms. The molecule has 0 fully saturated rings. The van der Waals surface area contributed by atoms with Gasteiger partial charge in [-0.05, 0) is 30.3 Å². The number of para-hydroxylation sites is 1. The number of hydrogen-bond acceptors (Lipinski definition) is 3. The fourth-order valence-electron chi connectivity index (χ4n) is 1.84. The summed E-state index contributed by atoms with van der Waals surface area (Å²) in [6.07, 6.45) is 0. The third-order valence-electron chi connectivity index (χ3n) is 2.91. The minimum Gasteiger partial charge on any atom is -0.496 e. The summed E-state index contributed by atoms with van der Waals surface area (Å²) in [7, 11) is 1.46. The SMILES string of the molecule is COc1ccc(F)cc1CNC(=O)COc1ccccc1F. The lowest BCUT2D eigenvalue weighted by Gasteiger charge is -2.11. The van der Waals surface area contributed by atoms with Gasteiger partial charge < -0.3 is 14.8 Å². The maximum absolute atomic E-state index is 13.3. The van der Waals surface area contributed by atoms with Crippen molar-refractivity contribution >= 4 is 5.91 Å². The molecule has 116 valence electrons. The lowest BCUT2D eigenvalue weighted by Crippen LogP contribution is -2.28. The Morgan fingerprint density at radius 2 is 1.91 bits per heavy atom. The summed E-state index contributed by atoms with van der Waals surface area (Å²) in [5.41, 5.74) is 0.502. The normalized spacial score (nSPS) is 10.1. The van der Waals surface area contributed by atoms with Gasteiger partial charge in [-0.25, -0.2) is 8.78 Å². The van der Waals surface area contributed by atoms with Gasteiger partial charge in [0.1, 0.15) is 11.6 Å². The molecule has 6 heteroatoms. The van der Waals surface area contributed by atoms with Crippen LogP contribution in [-0.2, 0) is 11.3 Å². The molecule has 0 heterocycles. The van der Waals surface area contributed by atoms with Gasteiger partial charge >= 0.3 is 0 Å². The first-order chi connectivity index (χ1) is 10.6. The first-order valence-electron chi connectivity index (χ1n) is 6.56. The second-order valence-electron chi connectivity index (χ2n) is 4.45. The predicted octanol–water partition coefficient (Wildman–Crippen LogP) is 2.67. The number of nitrogens with one attached hydrogen (secondary N) is 1. The Morgan fingerprint density at radius 1 is 1.14 bits per heavy atom. The zero-order valence-electron chi connectivity index (χ0n) is 11.9. The molecule has 2 rings (SSSR count). The van der Waals surface area contributed by atoms with Crippen molar-refractivity contribution in [2.45, 2.75) is 6.54 Å². The van der Waals surface area contributed by atoms with Crippen molar-refractivity contribution in [1.82, 2.24) is 5.32 Å². The average molecular weight is 307 g/mol. The van der Waals surface area contributed by atoms with Crippen LogP contribution in [0.3, 0.4) is 0 Å². The van der Waals surface area contributed by atoms with E-state index in [2.05, 4.69) is 5.32 Å². The van der Waals surface area contributed by atoms with Gasteiger partial charge in [0.05, 0.1) is 7.11 Å². The average Bonchev–Trinajstić information content (AvgIpc) is 2.52. The van der Waals surface area contributed by atoms with Gasteiger partial charge in [-0.15, -0.1) is 0 Å². The van der Waals surface area contributed by atoms with Crippen molar-refractivity contribution in [3.8, 4) is 11.5 Å². The Kier molecular flexibility index (Phi) is 5.30. The molecule has 0 aliphatic rings. The monoisotopic (exact) mass is 307 g/mol. The molecular weight excluding hydrogens is 292 g/mol. The molecule has 2 aromatic rings. The zero-order chi connectivity index (χ0) is 15.9. The Bertz CT molecular complexity index is 662. The van der Waals surface area contributed by atoms with E-state index in [-0.39, 0.29) is 18.9 Å². The first kappa shape index (κ1) is 15.8. The molecule has 0 saturated carbocycles. The molecule has 1 amide bonds. The highest BCUT2D eigenvalue weighted by molar-refractivity contribution is 5.77. The van der Waals surface area contributed by atoms with E-state index in [9.17, 15) is 13.6 Å². The Hall–Kier alpha value is -2.63. The number of rotatable bonds is 6. The topological polar surface area (TPSA) is 47.6 Å². The molecule has 0 aliphatic carbocycles. The number of amides is 1. The van der Waals surface area contributed by atoms with Crippen LogP contribution in [0.4, 0.5) is 8.78 Å². The summed E-state index contributed by atoms with van der Waals surface area (Å²) >= 11 is 0. The van der Waals surface area contributed by atoms with E-state index in [1.807, 2.05) is 0 Å². The van der Waals surface area contributed by atoms with Crippen molar-refractivity contribution < 1.29 is 23.0 Å². The molecule has 2 aromatic carbocycles. The fourth-order valence-corrected chi connectivity index (χ4v) is 1.84. The molecule has 0 unspecified atom stereocenters. The van der Waals surface area contributed by atoms with Crippen LogP contribution in [0.15, 0.2) is 42.5 Å². The molecule has 0 aliphatic heterocycles. The molecule has 4 nitrogen and oxygen atoms in total. The van der Waals surface area contributed by atoms with E-state index in [1.54, 1.807) is 6.07 Å². The summed E-state index contributed by atoms with van der Waals surface area (Å²) in [6.45, 7) is -0.251. The fraction of sp³-hybridized carbons (Fsp3) is 0.188. The minimum absolute atomic E-state index is 0.000913. The Labute approximate surface area is 126 Å². The van der Waals surface area contributed by atoms with Crippen molar-refractivity contribution in [3.05, 3.63) is 59.7 Å². The van der Waals surface area contributed by atoms with Gasteiger partial charge in [0.25, 0.3) is 5.91 Å². The third kappa shape index (κ3) is 4.18. The number of methoxy groups -OCH3 is 1. The molecule has 22 heavy (non-hydrogen) atoms. The minimum atomic E-state index is -0.540. The number of halogens is 2. The molecule has 0 atom stereocenters. The second kappa shape index (κ2) is 7.40. The summed E-state index contributed by atoms with van der Waals surface area (Å²) in [5.74, 6) is -0.943. The number of benzene rings is 2. The standard InChI is InChI=1S/C16H15F2NO3/c1-21-14-7-6-12(17)8-11(14)9-19-16(20)10-22-15-5-3-2-4-13(15)18/h2-8H,9-10H2,1H3,(H,19,20). The number of carbonyl (C=O) groups is 1. The summed E-state index contributed by atoms with van der Waals surface area (Å²) in [4.78, 5) is 11.7. The van der Waals surface area contributed by atoms with Gasteiger partial charge in [0.15, 0.2) is 18.2 Å². The molecule has 0 saturated heterocycles.